The summed E-state index contributed by atoms with van der Waals surface area (Å²) >= 11 is 0. The van der Waals surface area contributed by atoms with Crippen molar-refractivity contribution in [2.24, 2.45) is 5.92 Å². The van der Waals surface area contributed by atoms with Crippen molar-refractivity contribution in [3.05, 3.63) is 0 Å². The van der Waals surface area contributed by atoms with Crippen LogP contribution in [0.3, 0.4) is 0 Å². The van der Waals surface area contributed by atoms with Gasteiger partial charge in [-0.2, -0.15) is 4.31 Å². The molecule has 7 nitrogen and oxygen atoms in total. The average molecular weight is 319 g/mol. The van der Waals surface area contributed by atoms with Gasteiger partial charge in [-0.15, -0.1) is 0 Å². The van der Waals surface area contributed by atoms with Gasteiger partial charge in [-0.25, -0.2) is 8.42 Å². The molecule has 0 spiro atoms. The summed E-state index contributed by atoms with van der Waals surface area (Å²) in [5, 5.41) is -0.796. The molecule has 1 aliphatic heterocycles. The predicted octanol–water partition coefficient (Wildman–Crippen LogP) is 0.295. The maximum absolute atomic E-state index is 12.8. The van der Waals surface area contributed by atoms with E-state index in [1.807, 2.05) is 0 Å². The van der Waals surface area contributed by atoms with Gasteiger partial charge in [-0.1, -0.05) is 6.42 Å². The number of carbonyl (C=O) groups is 2. The topological polar surface area (TPSA) is 90.0 Å². The zero-order valence-electron chi connectivity index (χ0n) is 12.3. The van der Waals surface area contributed by atoms with E-state index in [0.29, 0.717) is 38.6 Å². The fourth-order valence-corrected chi connectivity index (χ4v) is 5.70. The second kappa shape index (κ2) is 6.31. The van der Waals surface area contributed by atoms with E-state index in [-0.39, 0.29) is 0 Å². The maximum Gasteiger partial charge on any atom is 0.324 e. The van der Waals surface area contributed by atoms with Crippen molar-refractivity contribution < 1.29 is 27.5 Å². The Balaban J connectivity index is 2.24. The van der Waals surface area contributed by atoms with Crippen molar-refractivity contribution in [1.29, 1.82) is 0 Å². The van der Waals surface area contributed by atoms with Gasteiger partial charge < -0.3 is 9.47 Å². The minimum Gasteiger partial charge on any atom is -0.469 e. The molecule has 0 aromatic rings. The first-order valence-corrected chi connectivity index (χ1v) is 8.60. The molecule has 0 radical (unpaired) electrons. The van der Waals surface area contributed by atoms with Crippen LogP contribution in [0, 0.1) is 5.92 Å². The average Bonchev–Trinajstić information content (AvgIpc) is 3.14. The third-order valence-corrected chi connectivity index (χ3v) is 6.76. The van der Waals surface area contributed by atoms with Crippen molar-refractivity contribution in [1.82, 2.24) is 4.31 Å². The Labute approximate surface area is 124 Å². The summed E-state index contributed by atoms with van der Waals surface area (Å²) < 4.78 is 36.2. The van der Waals surface area contributed by atoms with Gasteiger partial charge in [0.2, 0.25) is 10.0 Å². The predicted molar refractivity (Wildman–Crippen MR) is 73.8 cm³/mol. The quantitative estimate of drug-likeness (QED) is 0.692. The number of methoxy groups -OCH3 is 2. The van der Waals surface area contributed by atoms with Crippen LogP contribution in [-0.4, -0.2) is 56.7 Å². The smallest absolute Gasteiger partial charge is 0.324 e. The van der Waals surface area contributed by atoms with E-state index >= 15 is 0 Å². The van der Waals surface area contributed by atoms with Crippen LogP contribution in [0.1, 0.15) is 32.1 Å². The molecule has 3 atom stereocenters. The normalized spacial score (nSPS) is 30.3. The lowest BCUT2D eigenvalue weighted by molar-refractivity contribution is -0.145. The number of rotatable bonds is 4. The first-order chi connectivity index (χ1) is 9.93. The molecule has 1 aliphatic carbocycles. The second-order valence-corrected chi connectivity index (χ2v) is 7.54. The molecule has 0 N–H and O–H groups in total. The summed E-state index contributed by atoms with van der Waals surface area (Å²) in [5.74, 6) is -1.67. The van der Waals surface area contributed by atoms with Crippen molar-refractivity contribution in [3.63, 3.8) is 0 Å². The molecule has 2 fully saturated rings. The van der Waals surface area contributed by atoms with E-state index in [2.05, 4.69) is 4.74 Å². The Morgan fingerprint density at radius 2 is 1.67 bits per heavy atom. The molecule has 8 heteroatoms. The number of esters is 2. The van der Waals surface area contributed by atoms with E-state index < -0.39 is 39.2 Å². The van der Waals surface area contributed by atoms with Crippen LogP contribution in [0.15, 0.2) is 0 Å². The molecular weight excluding hydrogens is 298 g/mol. The standard InChI is InChI=1S/C13H21NO6S/c1-19-12(15)9-5-3-7-11(9)21(17,18)14-8-4-6-10(14)13(16)20-2/h9-11H,3-8H2,1-2H3. The molecule has 1 saturated carbocycles. The van der Waals surface area contributed by atoms with Crippen molar-refractivity contribution in [2.75, 3.05) is 20.8 Å². The SMILES string of the molecule is COC(=O)C1CCCC1S(=O)(=O)N1CCCC1C(=O)OC. The summed E-state index contributed by atoms with van der Waals surface area (Å²) in [5.41, 5.74) is 0. The molecule has 21 heavy (non-hydrogen) atoms. The van der Waals surface area contributed by atoms with Crippen molar-refractivity contribution in [2.45, 2.75) is 43.4 Å². The molecule has 3 unspecified atom stereocenters. The van der Waals surface area contributed by atoms with Gasteiger partial charge in [0.25, 0.3) is 0 Å². The van der Waals surface area contributed by atoms with Gasteiger partial charge in [0, 0.05) is 6.54 Å². The van der Waals surface area contributed by atoms with Crippen LogP contribution in [-0.2, 0) is 29.1 Å². The molecular formula is C13H21NO6S. The summed E-state index contributed by atoms with van der Waals surface area (Å²) in [7, 11) is -1.21. The largest absolute Gasteiger partial charge is 0.469 e. The third kappa shape index (κ3) is 2.91. The van der Waals surface area contributed by atoms with Crippen molar-refractivity contribution >= 4 is 22.0 Å². The van der Waals surface area contributed by atoms with E-state index in [4.69, 9.17) is 4.74 Å². The number of hydrogen-bond donors (Lipinski definition) is 0. The third-order valence-electron chi connectivity index (χ3n) is 4.34. The van der Waals surface area contributed by atoms with Crippen LogP contribution >= 0.6 is 0 Å². The highest BCUT2D eigenvalue weighted by Crippen LogP contribution is 2.36. The Hall–Kier alpha value is -1.15. The van der Waals surface area contributed by atoms with Crippen molar-refractivity contribution in [3.8, 4) is 0 Å². The first-order valence-electron chi connectivity index (χ1n) is 7.09. The van der Waals surface area contributed by atoms with Crippen LogP contribution in [0.2, 0.25) is 0 Å². The molecule has 0 aromatic heterocycles. The molecule has 1 saturated heterocycles. The maximum atomic E-state index is 12.8. The first kappa shape index (κ1) is 16.2. The van der Waals surface area contributed by atoms with Gasteiger partial charge in [0.05, 0.1) is 25.4 Å². The fourth-order valence-electron chi connectivity index (χ4n) is 3.29. The number of carbonyl (C=O) groups excluding carboxylic acids is 2. The zero-order chi connectivity index (χ0) is 15.6. The minimum absolute atomic E-state index is 0.298. The molecule has 120 valence electrons. The molecule has 0 amide bonds. The van der Waals surface area contributed by atoms with Gasteiger partial charge in [0.1, 0.15) is 6.04 Å². The minimum atomic E-state index is -3.72. The summed E-state index contributed by atoms with van der Waals surface area (Å²) in [4.78, 5) is 23.5. The lowest BCUT2D eigenvalue weighted by atomic mass is 10.1. The number of hydrogen-bond acceptors (Lipinski definition) is 6. The van der Waals surface area contributed by atoms with Gasteiger partial charge in [-0.05, 0) is 25.7 Å². The number of sulfonamides is 1. The summed E-state index contributed by atoms with van der Waals surface area (Å²) in [6.07, 6.45) is 2.68. The lowest BCUT2D eigenvalue weighted by Crippen LogP contribution is -2.47. The number of ether oxygens (including phenoxy) is 2. The lowest BCUT2D eigenvalue weighted by Gasteiger charge is -2.27. The van der Waals surface area contributed by atoms with Gasteiger partial charge in [-0.3, -0.25) is 9.59 Å². The molecule has 2 rings (SSSR count). The Kier molecular flexibility index (Phi) is 4.88. The highest BCUT2D eigenvalue weighted by molar-refractivity contribution is 7.89. The summed E-state index contributed by atoms with van der Waals surface area (Å²) in [6.45, 7) is 0.298. The Morgan fingerprint density at radius 3 is 2.29 bits per heavy atom. The Morgan fingerprint density at radius 1 is 1.00 bits per heavy atom. The molecule has 2 aliphatic rings. The van der Waals surface area contributed by atoms with Crippen LogP contribution in [0.5, 0.6) is 0 Å². The fraction of sp³-hybridized carbons (Fsp3) is 0.846. The Bertz CT molecular complexity index is 477. The summed E-state index contributed by atoms with van der Waals surface area (Å²) in [6, 6.07) is -0.765. The molecule has 0 bridgehead atoms. The zero-order valence-corrected chi connectivity index (χ0v) is 13.1. The molecule has 0 aromatic carbocycles. The van der Waals surface area contributed by atoms with Gasteiger partial charge in [0.15, 0.2) is 0 Å². The van der Waals surface area contributed by atoms with Crippen LogP contribution in [0.4, 0.5) is 0 Å². The van der Waals surface area contributed by atoms with E-state index in [9.17, 15) is 18.0 Å². The number of nitrogens with zero attached hydrogens (tertiary/aromatic N) is 1. The van der Waals surface area contributed by atoms with Gasteiger partial charge >= 0.3 is 11.9 Å². The monoisotopic (exact) mass is 319 g/mol. The van der Waals surface area contributed by atoms with Crippen LogP contribution in [0.25, 0.3) is 0 Å². The molecule has 1 heterocycles. The highest BCUT2D eigenvalue weighted by Gasteiger charge is 2.49. The van der Waals surface area contributed by atoms with E-state index in [0.717, 1.165) is 0 Å². The second-order valence-electron chi connectivity index (χ2n) is 5.44. The van der Waals surface area contributed by atoms with E-state index in [1.165, 1.54) is 18.5 Å². The highest BCUT2D eigenvalue weighted by atomic mass is 32.2. The van der Waals surface area contributed by atoms with E-state index in [1.54, 1.807) is 0 Å². The van der Waals surface area contributed by atoms with Crippen LogP contribution < -0.4 is 0 Å².